The van der Waals surface area contributed by atoms with E-state index in [-0.39, 0.29) is 11.9 Å². The summed E-state index contributed by atoms with van der Waals surface area (Å²) in [6.45, 7) is 6.32. The van der Waals surface area contributed by atoms with Gasteiger partial charge in [-0.05, 0) is 52.1 Å². The molecule has 1 fully saturated rings. The van der Waals surface area contributed by atoms with E-state index in [0.29, 0.717) is 0 Å². The molecule has 1 aromatic rings. The zero-order valence-electron chi connectivity index (χ0n) is 12.3. The number of aryl methyl sites for hydroxylation is 1. The van der Waals surface area contributed by atoms with Crippen molar-refractivity contribution in [2.75, 3.05) is 7.05 Å². The zero-order valence-corrected chi connectivity index (χ0v) is 12.3. The largest absolute Gasteiger partial charge is 0.368 e. The molecule has 1 amide bonds. The van der Waals surface area contributed by atoms with Crippen molar-refractivity contribution in [2.45, 2.75) is 58.0 Å². The smallest absolute Gasteiger partial charge is 0.237 e. The van der Waals surface area contributed by atoms with Crippen LogP contribution in [-0.4, -0.2) is 28.3 Å². The number of aromatic nitrogens is 2. The minimum Gasteiger partial charge on any atom is -0.368 e. The van der Waals surface area contributed by atoms with E-state index in [1.54, 1.807) is 0 Å². The lowest BCUT2D eigenvalue weighted by molar-refractivity contribution is -0.124. The Morgan fingerprint density at radius 1 is 1.58 bits per heavy atom. The molecular weight excluding hydrogens is 240 g/mol. The third-order valence-electron chi connectivity index (χ3n) is 4.61. The van der Waals surface area contributed by atoms with Crippen molar-refractivity contribution >= 4 is 5.91 Å². The molecule has 2 atom stereocenters. The van der Waals surface area contributed by atoms with Crippen LogP contribution in [0.15, 0.2) is 0 Å². The lowest BCUT2D eigenvalue weighted by atomic mass is 9.97. The third kappa shape index (κ3) is 2.16. The second-order valence-electron chi connectivity index (χ2n) is 5.54. The molecule has 0 bridgehead atoms. The number of hydrogen-bond acceptors (Lipinski definition) is 3. The first-order valence-electron chi connectivity index (χ1n) is 6.98. The second-order valence-corrected chi connectivity index (χ2v) is 5.54. The molecule has 5 heteroatoms. The molecule has 0 radical (unpaired) electrons. The fourth-order valence-electron chi connectivity index (χ4n) is 3.37. The van der Waals surface area contributed by atoms with Crippen LogP contribution in [0, 0.1) is 13.8 Å². The van der Waals surface area contributed by atoms with Crippen LogP contribution in [0.1, 0.15) is 49.2 Å². The Balaban J connectivity index is 2.29. The molecule has 3 N–H and O–H groups in total. The highest BCUT2D eigenvalue weighted by atomic mass is 16.1. The van der Waals surface area contributed by atoms with Gasteiger partial charge < -0.3 is 11.1 Å². The number of nitrogens with two attached hydrogens (primary N) is 1. The average molecular weight is 264 g/mol. The summed E-state index contributed by atoms with van der Waals surface area (Å²) in [5.74, 6) is -0.255. The van der Waals surface area contributed by atoms with Gasteiger partial charge >= 0.3 is 0 Å². The van der Waals surface area contributed by atoms with Crippen molar-refractivity contribution in [3.05, 3.63) is 17.0 Å². The van der Waals surface area contributed by atoms with E-state index in [1.807, 2.05) is 7.05 Å². The molecule has 1 saturated carbocycles. The van der Waals surface area contributed by atoms with Crippen LogP contribution in [0.4, 0.5) is 0 Å². The molecule has 19 heavy (non-hydrogen) atoms. The topological polar surface area (TPSA) is 72.9 Å². The minimum absolute atomic E-state index is 0.255. The summed E-state index contributed by atoms with van der Waals surface area (Å²) >= 11 is 0. The van der Waals surface area contributed by atoms with Gasteiger partial charge in [-0.25, -0.2) is 0 Å². The number of amides is 1. The summed E-state index contributed by atoms with van der Waals surface area (Å²) in [6.07, 6.45) is 3.44. The molecule has 1 aliphatic rings. The molecule has 0 aromatic carbocycles. The first kappa shape index (κ1) is 14.1. The Morgan fingerprint density at radius 2 is 2.26 bits per heavy atom. The molecule has 0 saturated heterocycles. The molecule has 0 spiro atoms. The maximum Gasteiger partial charge on any atom is 0.237 e. The van der Waals surface area contributed by atoms with Crippen LogP contribution in [0.3, 0.4) is 0 Å². The summed E-state index contributed by atoms with van der Waals surface area (Å²) in [6, 6.07) is 0.263. The first-order chi connectivity index (χ1) is 8.95. The van der Waals surface area contributed by atoms with Gasteiger partial charge in [-0.1, -0.05) is 6.92 Å². The Labute approximate surface area is 114 Å². The van der Waals surface area contributed by atoms with E-state index >= 15 is 0 Å². The Bertz CT molecular complexity index is 494. The lowest BCUT2D eigenvalue weighted by Crippen LogP contribution is -2.52. The predicted molar refractivity (Wildman–Crippen MR) is 75.0 cm³/mol. The molecule has 1 aliphatic carbocycles. The van der Waals surface area contributed by atoms with Crippen LogP contribution in [0.2, 0.25) is 0 Å². The van der Waals surface area contributed by atoms with E-state index in [0.717, 1.165) is 31.4 Å². The van der Waals surface area contributed by atoms with Crippen molar-refractivity contribution in [1.82, 2.24) is 15.1 Å². The van der Waals surface area contributed by atoms with Crippen molar-refractivity contribution in [2.24, 2.45) is 5.73 Å². The highest BCUT2D eigenvalue weighted by Gasteiger charge is 2.44. The van der Waals surface area contributed by atoms with Gasteiger partial charge in [0.2, 0.25) is 5.91 Å². The van der Waals surface area contributed by atoms with Crippen LogP contribution in [0.25, 0.3) is 0 Å². The van der Waals surface area contributed by atoms with Gasteiger partial charge in [0.1, 0.15) is 0 Å². The summed E-state index contributed by atoms with van der Waals surface area (Å²) in [5.41, 5.74) is 8.63. The summed E-state index contributed by atoms with van der Waals surface area (Å²) in [7, 11) is 1.81. The first-order valence-corrected chi connectivity index (χ1v) is 6.98. The maximum atomic E-state index is 11.7. The van der Waals surface area contributed by atoms with E-state index < -0.39 is 5.54 Å². The number of carbonyl (C=O) groups is 1. The monoisotopic (exact) mass is 264 g/mol. The molecule has 0 aliphatic heterocycles. The Kier molecular flexibility index (Phi) is 3.67. The van der Waals surface area contributed by atoms with Crippen LogP contribution in [0.5, 0.6) is 0 Å². The normalized spacial score (nSPS) is 26.8. The molecule has 1 heterocycles. The van der Waals surface area contributed by atoms with Crippen LogP contribution >= 0.6 is 0 Å². The molecule has 1 aromatic heterocycles. The maximum absolute atomic E-state index is 11.7. The van der Waals surface area contributed by atoms with Crippen molar-refractivity contribution in [3.63, 3.8) is 0 Å². The average Bonchev–Trinajstić information content (AvgIpc) is 2.92. The predicted octanol–water partition coefficient (Wildman–Crippen LogP) is 1.23. The molecular formula is C14H24N4O. The number of likely N-dealkylation sites (N-methyl/N-ethyl adjacent to an activating group) is 1. The van der Waals surface area contributed by atoms with Gasteiger partial charge in [0, 0.05) is 5.69 Å². The van der Waals surface area contributed by atoms with Crippen molar-refractivity contribution in [1.29, 1.82) is 0 Å². The fraction of sp³-hybridized carbons (Fsp3) is 0.714. The Morgan fingerprint density at radius 3 is 2.68 bits per heavy atom. The van der Waals surface area contributed by atoms with Crippen molar-refractivity contribution < 1.29 is 4.79 Å². The summed E-state index contributed by atoms with van der Waals surface area (Å²) in [4.78, 5) is 11.7. The number of nitrogens with zero attached hydrogens (tertiary/aromatic N) is 2. The van der Waals surface area contributed by atoms with E-state index in [9.17, 15) is 4.79 Å². The van der Waals surface area contributed by atoms with E-state index in [4.69, 9.17) is 5.73 Å². The van der Waals surface area contributed by atoms with E-state index in [2.05, 4.69) is 35.9 Å². The van der Waals surface area contributed by atoms with Gasteiger partial charge in [0.25, 0.3) is 0 Å². The highest BCUT2D eigenvalue weighted by molar-refractivity contribution is 5.85. The SMILES string of the molecule is CCc1c(C)nn(C2CCC(NC)(C(N)=O)C2)c1C. The molecule has 2 rings (SSSR count). The molecule has 5 nitrogen and oxygen atoms in total. The Hall–Kier alpha value is -1.36. The van der Waals surface area contributed by atoms with Gasteiger partial charge in [-0.2, -0.15) is 5.10 Å². The van der Waals surface area contributed by atoms with Gasteiger partial charge in [-0.3, -0.25) is 9.48 Å². The number of rotatable bonds is 4. The van der Waals surface area contributed by atoms with Gasteiger partial charge in [0.15, 0.2) is 0 Å². The number of nitrogens with one attached hydrogen (secondary N) is 1. The highest BCUT2D eigenvalue weighted by Crippen LogP contribution is 2.38. The summed E-state index contributed by atoms with van der Waals surface area (Å²) in [5, 5.41) is 7.77. The minimum atomic E-state index is -0.566. The van der Waals surface area contributed by atoms with Gasteiger partial charge in [-0.15, -0.1) is 0 Å². The van der Waals surface area contributed by atoms with E-state index in [1.165, 1.54) is 11.3 Å². The molecule has 106 valence electrons. The van der Waals surface area contributed by atoms with Gasteiger partial charge in [0.05, 0.1) is 17.3 Å². The lowest BCUT2D eigenvalue weighted by Gasteiger charge is -2.25. The van der Waals surface area contributed by atoms with Crippen molar-refractivity contribution in [3.8, 4) is 0 Å². The fourth-order valence-corrected chi connectivity index (χ4v) is 3.37. The summed E-state index contributed by atoms with van der Waals surface area (Å²) < 4.78 is 2.09. The quantitative estimate of drug-likeness (QED) is 0.859. The van der Waals surface area contributed by atoms with Crippen LogP contribution in [-0.2, 0) is 11.2 Å². The number of primary amides is 1. The number of hydrogen-bond donors (Lipinski definition) is 2. The standard InChI is InChI=1S/C14H24N4O/c1-5-12-9(2)17-18(10(12)3)11-6-7-14(8-11,16-4)13(15)19/h11,16H,5-8H2,1-4H3,(H2,15,19). The zero-order chi connectivity index (χ0) is 14.2. The molecule has 2 unspecified atom stereocenters. The number of carbonyl (C=O) groups excluding carboxylic acids is 1. The van der Waals surface area contributed by atoms with Crippen LogP contribution < -0.4 is 11.1 Å². The second kappa shape index (κ2) is 4.96. The third-order valence-corrected chi connectivity index (χ3v) is 4.61.